The van der Waals surface area contributed by atoms with E-state index in [2.05, 4.69) is 10.2 Å². The molecule has 1 N–H and O–H groups in total. The van der Waals surface area contributed by atoms with E-state index in [1.165, 1.54) is 25.7 Å². The van der Waals surface area contributed by atoms with Gasteiger partial charge in [0.05, 0.1) is 0 Å². The molecule has 2 aliphatic carbocycles. The predicted octanol–water partition coefficient (Wildman–Crippen LogP) is 1.40. The molecule has 3 fully saturated rings. The van der Waals surface area contributed by atoms with Crippen molar-refractivity contribution in [2.24, 2.45) is 11.8 Å². The maximum absolute atomic E-state index is 13.0. The largest absolute Gasteiger partial charge is 0.368 e. The van der Waals surface area contributed by atoms with Crippen LogP contribution in [0.4, 0.5) is 0 Å². The molecule has 0 atom stereocenters. The maximum Gasteiger partial charge on any atom is 0.254 e. The van der Waals surface area contributed by atoms with Crippen LogP contribution in [0.2, 0.25) is 0 Å². The zero-order valence-corrected chi connectivity index (χ0v) is 12.0. The lowest BCUT2D eigenvalue weighted by Gasteiger charge is -2.39. The molecule has 1 saturated heterocycles. The third-order valence-corrected chi connectivity index (χ3v) is 4.83. The predicted molar refractivity (Wildman–Crippen MR) is 73.9 cm³/mol. The summed E-state index contributed by atoms with van der Waals surface area (Å²) in [7, 11) is 1.70. The van der Waals surface area contributed by atoms with Crippen LogP contribution in [0.5, 0.6) is 0 Å². The van der Waals surface area contributed by atoms with Gasteiger partial charge in [-0.3, -0.25) is 4.79 Å². The molecule has 4 nitrogen and oxygen atoms in total. The molecule has 4 heteroatoms. The van der Waals surface area contributed by atoms with E-state index in [0.29, 0.717) is 0 Å². The standard InChI is InChI=1S/C15H26N2O2/c1-19-15(6-8-16-9-7-15)14(18)17(10-12-2-3-12)11-13-4-5-13/h12-13,16H,2-11H2,1H3. The fraction of sp³-hybridized carbons (Fsp3) is 0.933. The molecule has 0 bridgehead atoms. The number of carbonyl (C=O) groups is 1. The smallest absolute Gasteiger partial charge is 0.254 e. The first-order valence-corrected chi connectivity index (χ1v) is 7.79. The number of piperidine rings is 1. The zero-order valence-electron chi connectivity index (χ0n) is 12.0. The minimum atomic E-state index is -0.547. The molecule has 3 aliphatic rings. The minimum Gasteiger partial charge on any atom is -0.368 e. The number of amides is 1. The van der Waals surface area contributed by atoms with Crippen LogP contribution in [0, 0.1) is 11.8 Å². The van der Waals surface area contributed by atoms with Crippen LogP contribution in [0.25, 0.3) is 0 Å². The Morgan fingerprint density at radius 1 is 1.16 bits per heavy atom. The molecule has 0 unspecified atom stereocenters. The lowest BCUT2D eigenvalue weighted by atomic mass is 9.90. The Balaban J connectivity index is 1.68. The third kappa shape index (κ3) is 3.11. The summed E-state index contributed by atoms with van der Waals surface area (Å²) in [6.07, 6.45) is 6.83. The van der Waals surface area contributed by atoms with Crippen LogP contribution in [0.3, 0.4) is 0 Å². The van der Waals surface area contributed by atoms with Crippen molar-refractivity contribution < 1.29 is 9.53 Å². The first kappa shape index (κ1) is 13.4. The summed E-state index contributed by atoms with van der Waals surface area (Å²) in [4.78, 5) is 15.1. The van der Waals surface area contributed by atoms with Gasteiger partial charge in [0.25, 0.3) is 5.91 Å². The van der Waals surface area contributed by atoms with Gasteiger partial charge in [0.1, 0.15) is 5.60 Å². The van der Waals surface area contributed by atoms with Gasteiger partial charge in [-0.2, -0.15) is 0 Å². The number of methoxy groups -OCH3 is 1. The van der Waals surface area contributed by atoms with Gasteiger partial charge in [-0.25, -0.2) is 0 Å². The Morgan fingerprint density at radius 3 is 2.11 bits per heavy atom. The van der Waals surface area contributed by atoms with Gasteiger partial charge in [0.2, 0.25) is 0 Å². The van der Waals surface area contributed by atoms with Crippen molar-refractivity contribution in [3.05, 3.63) is 0 Å². The van der Waals surface area contributed by atoms with Gasteiger partial charge in [-0.15, -0.1) is 0 Å². The summed E-state index contributed by atoms with van der Waals surface area (Å²) in [6.45, 7) is 3.71. The normalized spacial score (nSPS) is 26.2. The second-order valence-electron chi connectivity index (χ2n) is 6.55. The molecule has 1 amide bonds. The van der Waals surface area contributed by atoms with Crippen molar-refractivity contribution >= 4 is 5.91 Å². The first-order chi connectivity index (χ1) is 9.23. The lowest BCUT2D eigenvalue weighted by Crippen LogP contribution is -2.56. The monoisotopic (exact) mass is 266 g/mol. The van der Waals surface area contributed by atoms with E-state index in [1.807, 2.05) is 0 Å². The summed E-state index contributed by atoms with van der Waals surface area (Å²) in [5.74, 6) is 1.78. The van der Waals surface area contributed by atoms with E-state index in [4.69, 9.17) is 4.74 Å². The summed E-state index contributed by atoms with van der Waals surface area (Å²) in [5, 5.41) is 3.32. The number of nitrogens with zero attached hydrogens (tertiary/aromatic N) is 1. The average Bonchev–Trinajstić information content (AvgIpc) is 3.33. The number of carbonyl (C=O) groups excluding carboxylic acids is 1. The van der Waals surface area contributed by atoms with Gasteiger partial charge in [-0.1, -0.05) is 0 Å². The van der Waals surface area contributed by atoms with E-state index in [1.54, 1.807) is 7.11 Å². The van der Waals surface area contributed by atoms with Crippen molar-refractivity contribution in [2.45, 2.75) is 44.1 Å². The molecule has 3 rings (SSSR count). The van der Waals surface area contributed by atoms with Crippen LogP contribution in [0.15, 0.2) is 0 Å². The van der Waals surface area contributed by atoms with Gasteiger partial charge in [0.15, 0.2) is 0 Å². The third-order valence-electron chi connectivity index (χ3n) is 4.83. The van der Waals surface area contributed by atoms with E-state index in [-0.39, 0.29) is 5.91 Å². The highest BCUT2D eigenvalue weighted by Crippen LogP contribution is 2.36. The number of rotatable bonds is 6. The zero-order chi connectivity index (χ0) is 13.3. The van der Waals surface area contributed by atoms with E-state index < -0.39 is 5.60 Å². The molecular formula is C15H26N2O2. The molecule has 0 radical (unpaired) electrons. The van der Waals surface area contributed by atoms with Crippen molar-refractivity contribution in [2.75, 3.05) is 33.3 Å². The first-order valence-electron chi connectivity index (χ1n) is 7.79. The number of hydrogen-bond donors (Lipinski definition) is 1. The Kier molecular flexibility index (Phi) is 3.81. The van der Waals surface area contributed by atoms with Crippen LogP contribution < -0.4 is 5.32 Å². The second kappa shape index (κ2) is 5.41. The Bertz CT molecular complexity index is 317. The van der Waals surface area contributed by atoms with Crippen molar-refractivity contribution in [3.8, 4) is 0 Å². The molecule has 19 heavy (non-hydrogen) atoms. The molecule has 0 aromatic rings. The summed E-state index contributed by atoms with van der Waals surface area (Å²) < 4.78 is 5.69. The molecule has 0 aromatic carbocycles. The SMILES string of the molecule is COC1(C(=O)N(CC2CC2)CC2CC2)CCNCC1. The lowest BCUT2D eigenvalue weighted by molar-refractivity contribution is -0.159. The van der Waals surface area contributed by atoms with Gasteiger partial charge in [0, 0.05) is 20.2 Å². The highest BCUT2D eigenvalue weighted by Gasteiger charge is 2.44. The molecule has 1 heterocycles. The van der Waals surface area contributed by atoms with E-state index in [0.717, 1.165) is 50.9 Å². The van der Waals surface area contributed by atoms with Crippen molar-refractivity contribution in [1.82, 2.24) is 10.2 Å². The highest BCUT2D eigenvalue weighted by molar-refractivity contribution is 5.85. The van der Waals surface area contributed by atoms with Crippen LogP contribution in [0.1, 0.15) is 38.5 Å². The van der Waals surface area contributed by atoms with E-state index >= 15 is 0 Å². The van der Waals surface area contributed by atoms with Gasteiger partial charge < -0.3 is 15.0 Å². The number of hydrogen-bond acceptors (Lipinski definition) is 3. The average molecular weight is 266 g/mol. The fourth-order valence-electron chi connectivity index (χ4n) is 3.09. The Morgan fingerprint density at radius 2 is 1.68 bits per heavy atom. The van der Waals surface area contributed by atoms with Crippen LogP contribution in [-0.4, -0.2) is 49.7 Å². The molecule has 2 saturated carbocycles. The maximum atomic E-state index is 13.0. The van der Waals surface area contributed by atoms with E-state index in [9.17, 15) is 4.79 Å². The highest BCUT2D eigenvalue weighted by atomic mass is 16.5. The molecule has 108 valence electrons. The summed E-state index contributed by atoms with van der Waals surface area (Å²) in [5.41, 5.74) is -0.547. The van der Waals surface area contributed by atoms with Crippen LogP contribution >= 0.6 is 0 Å². The van der Waals surface area contributed by atoms with Gasteiger partial charge in [-0.05, 0) is 63.5 Å². The molecule has 1 aliphatic heterocycles. The van der Waals surface area contributed by atoms with Crippen molar-refractivity contribution in [1.29, 1.82) is 0 Å². The molecule has 0 spiro atoms. The summed E-state index contributed by atoms with van der Waals surface area (Å²) in [6, 6.07) is 0. The van der Waals surface area contributed by atoms with Crippen LogP contribution in [-0.2, 0) is 9.53 Å². The number of ether oxygens (including phenoxy) is 1. The topological polar surface area (TPSA) is 41.6 Å². The fourth-order valence-corrected chi connectivity index (χ4v) is 3.09. The summed E-state index contributed by atoms with van der Waals surface area (Å²) >= 11 is 0. The Hall–Kier alpha value is -0.610. The minimum absolute atomic E-state index is 0.260. The second-order valence-corrected chi connectivity index (χ2v) is 6.55. The quantitative estimate of drug-likeness (QED) is 0.790. The van der Waals surface area contributed by atoms with Gasteiger partial charge >= 0.3 is 0 Å². The molecule has 0 aromatic heterocycles. The number of nitrogens with one attached hydrogen (secondary N) is 1. The molecular weight excluding hydrogens is 240 g/mol. The van der Waals surface area contributed by atoms with Crippen molar-refractivity contribution in [3.63, 3.8) is 0 Å². The Labute approximate surface area is 115 Å².